The van der Waals surface area contributed by atoms with Crippen LogP contribution in [0.5, 0.6) is 0 Å². The van der Waals surface area contributed by atoms with Crippen LogP contribution in [-0.4, -0.2) is 18.0 Å². The van der Waals surface area contributed by atoms with Crippen LogP contribution >= 0.6 is 11.3 Å². The topological polar surface area (TPSA) is 51.2 Å². The zero-order valence-electron chi connectivity index (χ0n) is 16.1. The Kier molecular flexibility index (Phi) is 5.84. The molecule has 0 aliphatic heterocycles. The largest absolute Gasteiger partial charge is 0.380 e. The minimum absolute atomic E-state index is 0.152. The summed E-state index contributed by atoms with van der Waals surface area (Å²) < 4.78 is 20.3. The molecule has 0 spiro atoms. The number of carbonyl (C=O) groups excluding carboxylic acids is 1. The van der Waals surface area contributed by atoms with Gasteiger partial charge >= 0.3 is 0 Å². The molecule has 0 bridgehead atoms. The number of pyridine rings is 1. The molecular formula is C24H17FN2O2S. The lowest BCUT2D eigenvalue weighted by Gasteiger charge is -2.07. The van der Waals surface area contributed by atoms with E-state index in [1.54, 1.807) is 30.5 Å². The number of anilines is 1. The predicted molar refractivity (Wildman–Crippen MR) is 117 cm³/mol. The lowest BCUT2D eigenvalue weighted by atomic mass is 10.1. The van der Waals surface area contributed by atoms with Crippen LogP contribution in [0, 0.1) is 17.7 Å². The van der Waals surface area contributed by atoms with Gasteiger partial charge in [-0.1, -0.05) is 24.1 Å². The Balaban J connectivity index is 1.61. The highest BCUT2D eigenvalue weighted by molar-refractivity contribution is 7.21. The van der Waals surface area contributed by atoms with Crippen LogP contribution in [0.1, 0.15) is 26.5 Å². The summed E-state index contributed by atoms with van der Waals surface area (Å²) in [4.78, 5) is 17.6. The normalized spacial score (nSPS) is 10.5. The highest BCUT2D eigenvalue weighted by Gasteiger charge is 2.20. The molecule has 4 rings (SSSR count). The average Bonchev–Trinajstić information content (AvgIpc) is 3.14. The molecule has 0 saturated heterocycles. The fourth-order valence-corrected chi connectivity index (χ4v) is 4.19. The van der Waals surface area contributed by atoms with Crippen molar-refractivity contribution in [2.75, 3.05) is 12.4 Å². The van der Waals surface area contributed by atoms with Gasteiger partial charge in [-0.15, -0.1) is 11.3 Å². The van der Waals surface area contributed by atoms with E-state index in [4.69, 9.17) is 4.74 Å². The maximum Gasteiger partial charge on any atom is 0.266 e. The van der Waals surface area contributed by atoms with Crippen LogP contribution in [0.25, 0.3) is 10.1 Å². The number of rotatable bonds is 4. The number of halogens is 1. The van der Waals surface area contributed by atoms with Gasteiger partial charge in [0, 0.05) is 40.2 Å². The first kappa shape index (κ1) is 19.8. The average molecular weight is 416 g/mol. The third-order valence-corrected chi connectivity index (χ3v) is 5.57. The fraction of sp³-hybridized carbons (Fsp3) is 0.0833. The van der Waals surface area contributed by atoms with Crippen LogP contribution in [0.2, 0.25) is 0 Å². The Morgan fingerprint density at radius 3 is 2.80 bits per heavy atom. The van der Waals surface area contributed by atoms with E-state index in [1.165, 1.54) is 24.5 Å². The summed E-state index contributed by atoms with van der Waals surface area (Å²) in [5.41, 5.74) is 2.58. The first-order valence-electron chi connectivity index (χ1n) is 9.19. The van der Waals surface area contributed by atoms with Crippen molar-refractivity contribution in [1.29, 1.82) is 0 Å². The summed E-state index contributed by atoms with van der Waals surface area (Å²) in [7, 11) is 1.52. The van der Waals surface area contributed by atoms with Gasteiger partial charge in [0.05, 0.1) is 11.5 Å². The van der Waals surface area contributed by atoms with E-state index < -0.39 is 0 Å². The van der Waals surface area contributed by atoms with Crippen LogP contribution in [0.4, 0.5) is 10.1 Å². The minimum atomic E-state index is -0.360. The van der Waals surface area contributed by atoms with Gasteiger partial charge in [0.25, 0.3) is 5.91 Å². The van der Waals surface area contributed by atoms with Crippen LogP contribution in [-0.2, 0) is 11.3 Å². The predicted octanol–water partition coefficient (Wildman–Crippen LogP) is 5.23. The lowest BCUT2D eigenvalue weighted by Crippen LogP contribution is -2.12. The van der Waals surface area contributed by atoms with Crippen molar-refractivity contribution in [2.45, 2.75) is 6.61 Å². The molecule has 0 aliphatic rings. The Bertz CT molecular complexity index is 1270. The summed E-state index contributed by atoms with van der Waals surface area (Å²) in [6, 6.07) is 17.6. The molecule has 0 saturated carbocycles. The van der Waals surface area contributed by atoms with Crippen molar-refractivity contribution in [1.82, 2.24) is 4.98 Å². The zero-order chi connectivity index (χ0) is 20.9. The maximum absolute atomic E-state index is 14.4. The number of methoxy groups -OCH3 is 1. The first-order valence-corrected chi connectivity index (χ1v) is 10.0. The monoisotopic (exact) mass is 416 g/mol. The van der Waals surface area contributed by atoms with Gasteiger partial charge in [0.1, 0.15) is 11.5 Å². The minimum Gasteiger partial charge on any atom is -0.380 e. The Labute approximate surface area is 177 Å². The molecule has 1 N–H and O–H groups in total. The second-order valence-corrected chi connectivity index (χ2v) is 7.51. The molecule has 0 fully saturated rings. The molecular weight excluding hydrogens is 399 g/mol. The van der Waals surface area contributed by atoms with Crippen molar-refractivity contribution >= 4 is 33.0 Å². The van der Waals surface area contributed by atoms with Gasteiger partial charge in [-0.05, 0) is 48.4 Å². The number of nitrogens with one attached hydrogen (secondary N) is 1. The summed E-state index contributed by atoms with van der Waals surface area (Å²) in [6.07, 6.45) is 1.69. The van der Waals surface area contributed by atoms with Crippen molar-refractivity contribution < 1.29 is 13.9 Å². The third-order valence-electron chi connectivity index (χ3n) is 4.38. The Morgan fingerprint density at radius 1 is 1.13 bits per heavy atom. The molecule has 4 nitrogen and oxygen atoms in total. The number of fused-ring (bicyclic) bond motifs is 1. The van der Waals surface area contributed by atoms with E-state index in [-0.39, 0.29) is 18.3 Å². The first-order chi connectivity index (χ1) is 14.7. The highest BCUT2D eigenvalue weighted by Crippen LogP contribution is 2.34. The number of thiophene rings is 1. The molecule has 0 unspecified atom stereocenters. The summed E-state index contributed by atoms with van der Waals surface area (Å²) in [5.74, 6) is 5.37. The van der Waals surface area contributed by atoms with E-state index in [1.807, 2.05) is 30.3 Å². The van der Waals surface area contributed by atoms with Gasteiger partial charge in [-0.3, -0.25) is 4.79 Å². The molecule has 0 atom stereocenters. The highest BCUT2D eigenvalue weighted by atomic mass is 32.1. The number of aromatic nitrogens is 1. The molecule has 2 aromatic heterocycles. The van der Waals surface area contributed by atoms with Crippen molar-refractivity contribution in [3.05, 3.63) is 94.4 Å². The van der Waals surface area contributed by atoms with E-state index in [0.717, 1.165) is 5.56 Å². The number of amides is 1. The van der Waals surface area contributed by atoms with Gasteiger partial charge in [0.2, 0.25) is 0 Å². The number of benzene rings is 2. The summed E-state index contributed by atoms with van der Waals surface area (Å²) in [6.45, 7) is 0.152. The Hall–Kier alpha value is -3.53. The summed E-state index contributed by atoms with van der Waals surface area (Å²) in [5, 5.41) is 3.32. The van der Waals surface area contributed by atoms with E-state index >= 15 is 0 Å². The van der Waals surface area contributed by atoms with Gasteiger partial charge in [-0.25, -0.2) is 9.37 Å². The molecule has 148 valence electrons. The number of ether oxygens (including phenoxy) is 1. The smallest absolute Gasteiger partial charge is 0.266 e. The quantitative estimate of drug-likeness (QED) is 0.463. The molecule has 2 heterocycles. The lowest BCUT2D eigenvalue weighted by molar-refractivity contribution is 0.102. The molecule has 1 amide bonds. The molecule has 4 aromatic rings. The standard InChI is InChI=1S/C24H17FN2O2S/c1-29-15-19-22-20(25)9-5-10-21(22)30-23(19)24(28)27-18-8-4-6-16(14-18)11-12-17-7-2-3-13-26-17/h2-10,13-14H,15H2,1H3,(H,27,28). The van der Waals surface area contributed by atoms with E-state index in [0.29, 0.717) is 31.9 Å². The van der Waals surface area contributed by atoms with Gasteiger partial charge in [0.15, 0.2) is 0 Å². The van der Waals surface area contributed by atoms with E-state index in [2.05, 4.69) is 22.1 Å². The fourth-order valence-electron chi connectivity index (χ4n) is 3.07. The maximum atomic E-state index is 14.4. The Morgan fingerprint density at radius 2 is 2.00 bits per heavy atom. The number of nitrogens with zero attached hydrogens (tertiary/aromatic N) is 1. The van der Waals surface area contributed by atoms with Crippen LogP contribution < -0.4 is 5.32 Å². The number of carbonyl (C=O) groups is 1. The zero-order valence-corrected chi connectivity index (χ0v) is 16.9. The third kappa shape index (κ3) is 4.23. The molecule has 0 radical (unpaired) electrons. The number of hydrogen-bond acceptors (Lipinski definition) is 4. The van der Waals surface area contributed by atoms with E-state index in [9.17, 15) is 9.18 Å². The molecule has 30 heavy (non-hydrogen) atoms. The molecule has 6 heteroatoms. The van der Waals surface area contributed by atoms with Crippen LogP contribution in [0.3, 0.4) is 0 Å². The van der Waals surface area contributed by atoms with Crippen molar-refractivity contribution in [3.63, 3.8) is 0 Å². The second kappa shape index (κ2) is 8.87. The van der Waals surface area contributed by atoms with Gasteiger partial charge in [-0.2, -0.15) is 0 Å². The van der Waals surface area contributed by atoms with Crippen molar-refractivity contribution in [3.8, 4) is 11.8 Å². The van der Waals surface area contributed by atoms with Gasteiger partial charge < -0.3 is 10.1 Å². The summed E-state index contributed by atoms with van der Waals surface area (Å²) >= 11 is 1.25. The van der Waals surface area contributed by atoms with Crippen LogP contribution in [0.15, 0.2) is 66.9 Å². The molecule has 2 aromatic carbocycles. The second-order valence-electron chi connectivity index (χ2n) is 6.46. The van der Waals surface area contributed by atoms with Crippen molar-refractivity contribution in [2.24, 2.45) is 0 Å². The SMILES string of the molecule is COCc1c(C(=O)Nc2cccc(C#Cc3ccccn3)c2)sc2cccc(F)c12. The molecule has 0 aliphatic carbocycles. The number of hydrogen-bond donors (Lipinski definition) is 1.